The molecule has 2 unspecified atom stereocenters. The maximum atomic E-state index is 12.3. The van der Waals surface area contributed by atoms with Crippen LogP contribution in [0.5, 0.6) is 5.75 Å². The Morgan fingerprint density at radius 3 is 2.54 bits per heavy atom. The lowest BCUT2D eigenvalue weighted by molar-refractivity contribution is -0.135. The smallest absolute Gasteiger partial charge is 0.223 e. The van der Waals surface area contributed by atoms with Gasteiger partial charge >= 0.3 is 0 Å². The topological polar surface area (TPSA) is 58.6 Å². The van der Waals surface area contributed by atoms with E-state index in [0.717, 1.165) is 18.8 Å². The summed E-state index contributed by atoms with van der Waals surface area (Å²) in [7, 11) is 0. The van der Waals surface area contributed by atoms with Crippen molar-refractivity contribution in [3.8, 4) is 5.75 Å². The zero-order valence-corrected chi connectivity index (χ0v) is 15.4. The highest BCUT2D eigenvalue weighted by Gasteiger charge is 2.27. The van der Waals surface area contributed by atoms with Crippen molar-refractivity contribution in [1.82, 2.24) is 10.2 Å². The Morgan fingerprint density at radius 2 is 1.92 bits per heavy atom. The van der Waals surface area contributed by atoms with Crippen molar-refractivity contribution in [2.24, 2.45) is 0 Å². The molecule has 1 aromatic carbocycles. The Kier molecular flexibility index (Phi) is 8.22. The molecule has 1 aliphatic heterocycles. The van der Waals surface area contributed by atoms with E-state index in [4.69, 9.17) is 4.74 Å². The summed E-state index contributed by atoms with van der Waals surface area (Å²) in [6.45, 7) is 7.87. The zero-order valence-electron chi connectivity index (χ0n) is 14.6. The largest absolute Gasteiger partial charge is 0.494 e. The first kappa shape index (κ1) is 20.5. The Labute approximate surface area is 150 Å². The number of nitrogens with one attached hydrogen (secondary N) is 1. The molecule has 0 spiro atoms. The van der Waals surface area contributed by atoms with Gasteiger partial charge in [-0.3, -0.25) is 9.59 Å². The number of benzene rings is 1. The molecule has 24 heavy (non-hydrogen) atoms. The van der Waals surface area contributed by atoms with E-state index in [9.17, 15) is 9.59 Å². The lowest BCUT2D eigenvalue weighted by atomic mass is 10.1. The number of hydrogen-bond donors (Lipinski definition) is 1. The summed E-state index contributed by atoms with van der Waals surface area (Å²) in [4.78, 5) is 25.5. The second-order valence-corrected chi connectivity index (χ2v) is 6.10. The van der Waals surface area contributed by atoms with Crippen molar-refractivity contribution in [1.29, 1.82) is 0 Å². The molecule has 0 aromatic heterocycles. The monoisotopic (exact) mass is 354 g/mol. The number of ketones is 1. The number of carbonyl (C=O) groups excluding carboxylic acids is 2. The fraction of sp³-hybridized carbons (Fsp3) is 0.556. The molecule has 1 fully saturated rings. The lowest BCUT2D eigenvalue weighted by Gasteiger charge is -2.38. The Hall–Kier alpha value is -1.59. The molecule has 0 radical (unpaired) electrons. The van der Waals surface area contributed by atoms with Crippen molar-refractivity contribution in [2.45, 2.75) is 45.7 Å². The Bertz CT molecular complexity index is 548. The third kappa shape index (κ3) is 5.49. The predicted molar refractivity (Wildman–Crippen MR) is 97.1 cm³/mol. The summed E-state index contributed by atoms with van der Waals surface area (Å²) in [6, 6.07) is 7.66. The van der Waals surface area contributed by atoms with E-state index in [1.165, 1.54) is 0 Å². The Balaban J connectivity index is 0.00000288. The van der Waals surface area contributed by atoms with Gasteiger partial charge in [0.25, 0.3) is 0 Å². The normalized spacial score (nSPS) is 20.2. The zero-order chi connectivity index (χ0) is 16.8. The van der Waals surface area contributed by atoms with Crippen LogP contribution in [0.15, 0.2) is 24.3 Å². The second kappa shape index (κ2) is 9.64. The van der Waals surface area contributed by atoms with Gasteiger partial charge in [0.05, 0.1) is 6.61 Å². The number of carbonyl (C=O) groups is 2. The number of rotatable bonds is 6. The minimum atomic E-state index is 0. The van der Waals surface area contributed by atoms with E-state index in [1.807, 2.05) is 4.90 Å². The quantitative estimate of drug-likeness (QED) is 0.630. The van der Waals surface area contributed by atoms with Crippen LogP contribution in [0.25, 0.3) is 0 Å². The summed E-state index contributed by atoms with van der Waals surface area (Å²) in [5.74, 6) is 0.967. The molecule has 0 bridgehead atoms. The maximum absolute atomic E-state index is 12.3. The van der Waals surface area contributed by atoms with Crippen molar-refractivity contribution >= 4 is 24.1 Å². The van der Waals surface area contributed by atoms with Gasteiger partial charge in [0.15, 0.2) is 5.78 Å². The molecule has 5 nitrogen and oxygen atoms in total. The van der Waals surface area contributed by atoms with Crippen LogP contribution >= 0.6 is 12.4 Å². The van der Waals surface area contributed by atoms with E-state index in [2.05, 4.69) is 19.2 Å². The predicted octanol–water partition coefficient (Wildman–Crippen LogP) is 2.68. The van der Waals surface area contributed by atoms with Crippen LogP contribution in [0.4, 0.5) is 0 Å². The molecule has 6 heteroatoms. The van der Waals surface area contributed by atoms with E-state index >= 15 is 0 Å². The fourth-order valence-electron chi connectivity index (χ4n) is 2.75. The number of piperazine rings is 1. The fourth-order valence-corrected chi connectivity index (χ4v) is 2.75. The van der Waals surface area contributed by atoms with E-state index in [1.54, 1.807) is 31.2 Å². The van der Waals surface area contributed by atoms with Gasteiger partial charge in [0.2, 0.25) is 5.91 Å². The van der Waals surface area contributed by atoms with E-state index in [-0.39, 0.29) is 30.1 Å². The number of Topliss-reactive ketones (excluding diaryl/α,β-unsaturated/α-hetero) is 1. The van der Waals surface area contributed by atoms with Crippen LogP contribution in [0.3, 0.4) is 0 Å². The van der Waals surface area contributed by atoms with Crippen molar-refractivity contribution in [3.05, 3.63) is 29.8 Å². The summed E-state index contributed by atoms with van der Waals surface area (Å²) in [6.07, 6.45) is 1.20. The molecule has 1 heterocycles. The highest BCUT2D eigenvalue weighted by Crippen LogP contribution is 2.14. The first-order chi connectivity index (χ1) is 11.0. The first-order valence-electron chi connectivity index (χ1n) is 8.25. The summed E-state index contributed by atoms with van der Waals surface area (Å²) in [5.41, 5.74) is 0.675. The van der Waals surface area contributed by atoms with Gasteiger partial charge in [-0.2, -0.15) is 0 Å². The van der Waals surface area contributed by atoms with Crippen LogP contribution in [-0.2, 0) is 4.79 Å². The van der Waals surface area contributed by atoms with Crippen LogP contribution in [0.1, 0.15) is 44.0 Å². The molecule has 1 saturated heterocycles. The van der Waals surface area contributed by atoms with Crippen molar-refractivity contribution in [3.63, 3.8) is 0 Å². The summed E-state index contributed by atoms with van der Waals surface area (Å²) in [5, 5.41) is 3.38. The number of nitrogens with zero attached hydrogens (tertiary/aromatic N) is 1. The van der Waals surface area contributed by atoms with Gasteiger partial charge in [-0.25, -0.2) is 0 Å². The van der Waals surface area contributed by atoms with Gasteiger partial charge in [0, 0.05) is 37.2 Å². The molecule has 134 valence electrons. The van der Waals surface area contributed by atoms with E-state index < -0.39 is 0 Å². The number of amides is 1. The van der Waals surface area contributed by atoms with Crippen molar-refractivity contribution in [2.75, 3.05) is 19.7 Å². The average molecular weight is 355 g/mol. The van der Waals surface area contributed by atoms with Crippen LogP contribution in [0, 0.1) is 0 Å². The van der Waals surface area contributed by atoms with Gasteiger partial charge in [-0.1, -0.05) is 0 Å². The van der Waals surface area contributed by atoms with Gasteiger partial charge < -0.3 is 15.0 Å². The molecule has 1 amide bonds. The molecular weight excluding hydrogens is 328 g/mol. The molecule has 2 atom stereocenters. The van der Waals surface area contributed by atoms with Crippen LogP contribution < -0.4 is 10.1 Å². The number of hydrogen-bond acceptors (Lipinski definition) is 4. The molecule has 2 rings (SSSR count). The molecule has 1 N–H and O–H groups in total. The van der Waals surface area contributed by atoms with E-state index in [0.29, 0.717) is 31.1 Å². The average Bonchev–Trinajstić information content (AvgIpc) is 2.54. The minimum absolute atomic E-state index is 0. The lowest BCUT2D eigenvalue weighted by Crippen LogP contribution is -2.57. The minimum Gasteiger partial charge on any atom is -0.494 e. The summed E-state index contributed by atoms with van der Waals surface area (Å²) >= 11 is 0. The summed E-state index contributed by atoms with van der Waals surface area (Å²) < 4.78 is 5.63. The van der Waals surface area contributed by atoms with Gasteiger partial charge in [-0.05, 0) is 51.5 Å². The standard InChI is InChI=1S/C18H26N2O3.ClH/c1-13-14(2)20(11-10-19-13)18(22)5-4-12-23-17-8-6-16(7-9-17)15(3)21;/h6-9,13-14,19H,4-5,10-12H2,1-3H3;1H. The molecule has 0 aliphatic carbocycles. The third-order valence-electron chi connectivity index (χ3n) is 4.42. The number of halogens is 1. The maximum Gasteiger partial charge on any atom is 0.223 e. The van der Waals surface area contributed by atoms with Crippen molar-refractivity contribution < 1.29 is 14.3 Å². The van der Waals surface area contributed by atoms with Crippen LogP contribution in [-0.4, -0.2) is 48.4 Å². The van der Waals surface area contributed by atoms with Crippen LogP contribution in [0.2, 0.25) is 0 Å². The molecule has 0 saturated carbocycles. The second-order valence-electron chi connectivity index (χ2n) is 6.10. The highest BCUT2D eigenvalue weighted by molar-refractivity contribution is 5.94. The Morgan fingerprint density at radius 1 is 1.25 bits per heavy atom. The van der Waals surface area contributed by atoms with Gasteiger partial charge in [-0.15, -0.1) is 12.4 Å². The molecule has 1 aromatic rings. The molecular formula is C18H27ClN2O3. The van der Waals surface area contributed by atoms with Gasteiger partial charge in [0.1, 0.15) is 5.75 Å². The first-order valence-corrected chi connectivity index (χ1v) is 8.25. The number of ether oxygens (including phenoxy) is 1. The highest BCUT2D eigenvalue weighted by atomic mass is 35.5. The SMILES string of the molecule is CC(=O)c1ccc(OCCCC(=O)N2CCNC(C)C2C)cc1.Cl. The third-order valence-corrected chi connectivity index (χ3v) is 4.42. The molecule has 1 aliphatic rings.